The largest absolute Gasteiger partial charge is 0.493 e. The van der Waals surface area contributed by atoms with Crippen molar-refractivity contribution in [1.82, 2.24) is 9.97 Å². The Balaban J connectivity index is 2.21. The highest BCUT2D eigenvalue weighted by molar-refractivity contribution is 6.04. The number of carbonyl (C=O) groups is 1. The molecule has 0 spiro atoms. The lowest BCUT2D eigenvalue weighted by Gasteiger charge is -2.02. The van der Waals surface area contributed by atoms with Crippen molar-refractivity contribution in [2.75, 3.05) is 5.32 Å². The zero-order chi connectivity index (χ0) is 11.5. The summed E-state index contributed by atoms with van der Waals surface area (Å²) >= 11 is 0. The molecule has 0 aliphatic heterocycles. The van der Waals surface area contributed by atoms with Crippen LogP contribution in [-0.2, 0) is 0 Å². The van der Waals surface area contributed by atoms with Crippen LogP contribution in [0.5, 0.6) is 5.88 Å². The molecule has 0 fully saturated rings. The molecule has 0 bridgehead atoms. The van der Waals surface area contributed by atoms with Gasteiger partial charge in [-0.1, -0.05) is 18.2 Å². The third-order valence-corrected chi connectivity index (χ3v) is 1.97. The van der Waals surface area contributed by atoms with Crippen LogP contribution in [0.1, 0.15) is 10.5 Å². The summed E-state index contributed by atoms with van der Waals surface area (Å²) < 4.78 is 0. The van der Waals surface area contributed by atoms with Gasteiger partial charge in [0.2, 0.25) is 5.88 Å². The SMILES string of the molecule is O=C(Nc1ccccc1)c1[nH]c(=O)[nH]c1O. The van der Waals surface area contributed by atoms with Gasteiger partial charge in [0.1, 0.15) is 0 Å². The number of hydrogen-bond donors (Lipinski definition) is 4. The van der Waals surface area contributed by atoms with Crippen LogP contribution >= 0.6 is 0 Å². The molecule has 1 amide bonds. The summed E-state index contributed by atoms with van der Waals surface area (Å²) in [6.07, 6.45) is 0. The minimum Gasteiger partial charge on any atom is -0.493 e. The Bertz CT molecular complexity index is 556. The third kappa shape index (κ3) is 1.95. The van der Waals surface area contributed by atoms with Gasteiger partial charge >= 0.3 is 5.69 Å². The number of amides is 1. The van der Waals surface area contributed by atoms with Gasteiger partial charge in [0.15, 0.2) is 5.69 Å². The van der Waals surface area contributed by atoms with E-state index < -0.39 is 17.5 Å². The monoisotopic (exact) mass is 219 g/mol. The zero-order valence-corrected chi connectivity index (χ0v) is 8.15. The molecule has 1 heterocycles. The van der Waals surface area contributed by atoms with Crippen LogP contribution in [0.15, 0.2) is 35.1 Å². The highest BCUT2D eigenvalue weighted by Crippen LogP contribution is 2.11. The van der Waals surface area contributed by atoms with Crippen molar-refractivity contribution in [3.63, 3.8) is 0 Å². The van der Waals surface area contributed by atoms with Crippen molar-refractivity contribution in [3.05, 3.63) is 46.5 Å². The molecule has 6 nitrogen and oxygen atoms in total. The Morgan fingerprint density at radius 3 is 2.44 bits per heavy atom. The molecular formula is C10H9N3O3. The first-order valence-corrected chi connectivity index (χ1v) is 4.54. The Morgan fingerprint density at radius 1 is 1.19 bits per heavy atom. The van der Waals surface area contributed by atoms with Crippen LogP contribution in [0, 0.1) is 0 Å². The van der Waals surface area contributed by atoms with Gasteiger partial charge in [-0.3, -0.25) is 14.8 Å². The van der Waals surface area contributed by atoms with Gasteiger partial charge in [0, 0.05) is 5.69 Å². The summed E-state index contributed by atoms with van der Waals surface area (Å²) in [5.74, 6) is -1.06. The molecular weight excluding hydrogens is 210 g/mol. The van der Waals surface area contributed by atoms with E-state index in [2.05, 4.69) is 15.3 Å². The molecule has 0 saturated heterocycles. The van der Waals surface area contributed by atoms with Crippen LogP contribution in [0.25, 0.3) is 0 Å². The maximum atomic E-state index is 11.6. The molecule has 0 unspecified atom stereocenters. The summed E-state index contributed by atoms with van der Waals surface area (Å²) in [5, 5.41) is 11.8. The molecule has 1 aromatic carbocycles. The number of benzene rings is 1. The first-order chi connectivity index (χ1) is 7.66. The fourth-order valence-electron chi connectivity index (χ4n) is 1.25. The molecule has 0 aliphatic carbocycles. The second-order valence-corrected chi connectivity index (χ2v) is 3.12. The molecule has 0 radical (unpaired) electrons. The van der Waals surface area contributed by atoms with Gasteiger partial charge in [0.05, 0.1) is 0 Å². The molecule has 4 N–H and O–H groups in total. The van der Waals surface area contributed by atoms with E-state index in [9.17, 15) is 14.7 Å². The Kier molecular flexibility index (Phi) is 2.47. The molecule has 0 saturated carbocycles. The van der Waals surface area contributed by atoms with Crippen molar-refractivity contribution >= 4 is 11.6 Å². The molecule has 0 aliphatic rings. The molecule has 2 aromatic rings. The maximum absolute atomic E-state index is 11.6. The fraction of sp³-hybridized carbons (Fsp3) is 0. The van der Waals surface area contributed by atoms with E-state index in [1.54, 1.807) is 24.3 Å². The average molecular weight is 219 g/mol. The van der Waals surface area contributed by atoms with Crippen molar-refractivity contribution < 1.29 is 9.90 Å². The first-order valence-electron chi connectivity index (χ1n) is 4.54. The molecule has 16 heavy (non-hydrogen) atoms. The Labute approximate surface area is 89.9 Å². The second-order valence-electron chi connectivity index (χ2n) is 3.12. The summed E-state index contributed by atoms with van der Waals surface area (Å²) in [7, 11) is 0. The second kappa shape index (κ2) is 3.93. The van der Waals surface area contributed by atoms with Crippen molar-refractivity contribution in [3.8, 4) is 5.88 Å². The van der Waals surface area contributed by atoms with Gasteiger partial charge in [-0.05, 0) is 12.1 Å². The van der Waals surface area contributed by atoms with Gasteiger partial charge in [-0.25, -0.2) is 4.79 Å². The van der Waals surface area contributed by atoms with Crippen LogP contribution < -0.4 is 11.0 Å². The number of aromatic hydroxyl groups is 1. The highest BCUT2D eigenvalue weighted by atomic mass is 16.3. The Morgan fingerprint density at radius 2 is 1.88 bits per heavy atom. The number of hydrogen-bond acceptors (Lipinski definition) is 3. The number of H-pyrrole nitrogens is 2. The third-order valence-electron chi connectivity index (χ3n) is 1.97. The van der Waals surface area contributed by atoms with Crippen LogP contribution in [0.4, 0.5) is 5.69 Å². The Hall–Kier alpha value is -2.50. The van der Waals surface area contributed by atoms with Crippen molar-refractivity contribution in [1.29, 1.82) is 0 Å². The quantitative estimate of drug-likeness (QED) is 0.597. The van der Waals surface area contributed by atoms with E-state index in [0.29, 0.717) is 5.69 Å². The summed E-state index contributed by atoms with van der Waals surface area (Å²) in [5.41, 5.74) is -0.237. The maximum Gasteiger partial charge on any atom is 0.326 e. The number of aromatic amines is 2. The lowest BCUT2D eigenvalue weighted by Crippen LogP contribution is -2.13. The van der Waals surface area contributed by atoms with Gasteiger partial charge in [0.25, 0.3) is 5.91 Å². The molecule has 1 aromatic heterocycles. The lowest BCUT2D eigenvalue weighted by molar-refractivity contribution is 0.102. The van der Waals surface area contributed by atoms with E-state index in [1.165, 1.54) is 0 Å². The lowest BCUT2D eigenvalue weighted by atomic mass is 10.3. The molecule has 6 heteroatoms. The average Bonchev–Trinajstić information content (AvgIpc) is 2.59. The minimum atomic E-state index is -0.629. The minimum absolute atomic E-state index is 0.186. The normalized spacial score (nSPS) is 10.0. The number of para-hydroxylation sites is 1. The number of carbonyl (C=O) groups excluding carboxylic acids is 1. The summed E-state index contributed by atoms with van der Waals surface area (Å²) in [4.78, 5) is 26.7. The smallest absolute Gasteiger partial charge is 0.326 e. The standard InChI is InChI=1S/C10H9N3O3/c14-8(7-9(15)13-10(16)12-7)11-6-4-2-1-3-5-6/h1-5,15H,(H,11,14)(H2,12,13,16). The van der Waals surface area contributed by atoms with Crippen LogP contribution in [-0.4, -0.2) is 21.0 Å². The van der Waals surface area contributed by atoms with E-state index in [-0.39, 0.29) is 5.69 Å². The fourth-order valence-corrected chi connectivity index (χ4v) is 1.25. The molecule has 2 rings (SSSR count). The van der Waals surface area contributed by atoms with Crippen molar-refractivity contribution in [2.24, 2.45) is 0 Å². The van der Waals surface area contributed by atoms with Crippen LogP contribution in [0.2, 0.25) is 0 Å². The number of nitrogens with one attached hydrogen (secondary N) is 3. The predicted molar refractivity (Wildman–Crippen MR) is 57.5 cm³/mol. The van der Waals surface area contributed by atoms with Crippen molar-refractivity contribution in [2.45, 2.75) is 0 Å². The van der Waals surface area contributed by atoms with E-state index >= 15 is 0 Å². The van der Waals surface area contributed by atoms with Crippen LogP contribution in [0.3, 0.4) is 0 Å². The first kappa shape index (κ1) is 10.0. The summed E-state index contributed by atoms with van der Waals surface area (Å²) in [6, 6.07) is 8.72. The van der Waals surface area contributed by atoms with Gasteiger partial charge in [-0.2, -0.15) is 0 Å². The predicted octanol–water partition coefficient (Wildman–Crippen LogP) is 0.661. The molecule has 82 valence electrons. The topological polar surface area (TPSA) is 98.0 Å². The molecule has 0 atom stereocenters. The van der Waals surface area contributed by atoms with E-state index in [1.807, 2.05) is 6.07 Å². The number of rotatable bonds is 2. The number of imidazole rings is 1. The zero-order valence-electron chi connectivity index (χ0n) is 8.15. The highest BCUT2D eigenvalue weighted by Gasteiger charge is 2.14. The summed E-state index contributed by atoms with van der Waals surface area (Å²) in [6.45, 7) is 0. The number of anilines is 1. The van der Waals surface area contributed by atoms with Gasteiger partial charge in [-0.15, -0.1) is 0 Å². The number of aromatic nitrogens is 2. The van der Waals surface area contributed by atoms with E-state index in [0.717, 1.165) is 0 Å². The van der Waals surface area contributed by atoms with Gasteiger partial charge < -0.3 is 10.4 Å². The van der Waals surface area contributed by atoms with E-state index in [4.69, 9.17) is 0 Å².